The number of thiophene rings is 1. The first kappa shape index (κ1) is 16.6. The Morgan fingerprint density at radius 1 is 1.25 bits per heavy atom. The van der Waals surface area contributed by atoms with Gasteiger partial charge < -0.3 is 15.0 Å². The highest BCUT2D eigenvalue weighted by molar-refractivity contribution is 7.10. The molecule has 0 saturated carbocycles. The number of anilines is 1. The van der Waals surface area contributed by atoms with E-state index in [1.54, 1.807) is 16.2 Å². The number of nitrogens with zero attached hydrogens (tertiary/aromatic N) is 1. The van der Waals surface area contributed by atoms with Crippen LogP contribution in [0.3, 0.4) is 0 Å². The second-order valence-corrected chi connectivity index (χ2v) is 6.36. The SMILES string of the molecule is O=C(CNc1ccc(OC(F)(F)F)cc1)N1CCc2sccc2C1. The lowest BCUT2D eigenvalue weighted by molar-refractivity contribution is -0.274. The lowest BCUT2D eigenvalue weighted by Gasteiger charge is -2.27. The lowest BCUT2D eigenvalue weighted by atomic mass is 10.1. The van der Waals surface area contributed by atoms with Crippen LogP contribution in [0.2, 0.25) is 0 Å². The van der Waals surface area contributed by atoms with Crippen LogP contribution in [0.1, 0.15) is 10.4 Å². The number of halogens is 3. The van der Waals surface area contributed by atoms with Crippen molar-refractivity contribution in [1.29, 1.82) is 0 Å². The maximum absolute atomic E-state index is 12.3. The lowest BCUT2D eigenvalue weighted by Crippen LogP contribution is -2.38. The molecule has 1 aliphatic rings. The van der Waals surface area contributed by atoms with Crippen LogP contribution in [0.4, 0.5) is 18.9 Å². The highest BCUT2D eigenvalue weighted by atomic mass is 32.1. The number of hydrogen-bond acceptors (Lipinski definition) is 4. The maximum atomic E-state index is 12.3. The van der Waals surface area contributed by atoms with Crippen LogP contribution in [0.15, 0.2) is 35.7 Å². The molecule has 0 fully saturated rings. The Morgan fingerprint density at radius 3 is 2.71 bits per heavy atom. The molecule has 0 bridgehead atoms. The van der Waals surface area contributed by atoms with Crippen molar-refractivity contribution in [2.75, 3.05) is 18.4 Å². The first-order chi connectivity index (χ1) is 11.4. The van der Waals surface area contributed by atoms with Gasteiger partial charge in [0.2, 0.25) is 5.91 Å². The number of hydrogen-bond donors (Lipinski definition) is 1. The predicted octanol–water partition coefficient (Wildman–Crippen LogP) is 3.64. The van der Waals surface area contributed by atoms with E-state index in [-0.39, 0.29) is 18.2 Å². The molecule has 1 aromatic carbocycles. The van der Waals surface area contributed by atoms with Gasteiger partial charge in [0.1, 0.15) is 5.75 Å². The van der Waals surface area contributed by atoms with E-state index < -0.39 is 6.36 Å². The fraction of sp³-hybridized carbons (Fsp3) is 0.312. The molecular formula is C16H15F3N2O2S. The molecule has 0 radical (unpaired) electrons. The van der Waals surface area contributed by atoms with Gasteiger partial charge >= 0.3 is 6.36 Å². The number of alkyl halides is 3. The van der Waals surface area contributed by atoms with Crippen molar-refractivity contribution in [3.63, 3.8) is 0 Å². The molecule has 0 spiro atoms. The molecule has 24 heavy (non-hydrogen) atoms. The van der Waals surface area contributed by atoms with Gasteiger partial charge in [-0.2, -0.15) is 0 Å². The first-order valence-electron chi connectivity index (χ1n) is 7.33. The number of carbonyl (C=O) groups is 1. The monoisotopic (exact) mass is 356 g/mol. The third-order valence-corrected chi connectivity index (χ3v) is 4.72. The van der Waals surface area contributed by atoms with E-state index in [1.807, 2.05) is 11.4 Å². The largest absolute Gasteiger partial charge is 0.573 e. The summed E-state index contributed by atoms with van der Waals surface area (Å²) >= 11 is 1.71. The molecule has 0 unspecified atom stereocenters. The van der Waals surface area contributed by atoms with E-state index in [0.29, 0.717) is 18.8 Å². The van der Waals surface area contributed by atoms with Crippen LogP contribution in [0, 0.1) is 0 Å². The molecule has 0 saturated heterocycles. The number of fused-ring (bicyclic) bond motifs is 1. The van der Waals surface area contributed by atoms with Gasteiger partial charge in [-0.1, -0.05) is 0 Å². The van der Waals surface area contributed by atoms with Gasteiger partial charge in [-0.05, 0) is 47.7 Å². The van der Waals surface area contributed by atoms with E-state index in [0.717, 1.165) is 6.42 Å². The summed E-state index contributed by atoms with van der Waals surface area (Å²) in [4.78, 5) is 15.4. The van der Waals surface area contributed by atoms with E-state index in [1.165, 1.54) is 34.7 Å². The van der Waals surface area contributed by atoms with E-state index in [9.17, 15) is 18.0 Å². The van der Waals surface area contributed by atoms with Crippen LogP contribution in [-0.4, -0.2) is 30.3 Å². The molecule has 0 atom stereocenters. The molecule has 2 heterocycles. The highest BCUT2D eigenvalue weighted by Gasteiger charge is 2.31. The first-order valence-corrected chi connectivity index (χ1v) is 8.21. The zero-order valence-electron chi connectivity index (χ0n) is 12.6. The van der Waals surface area contributed by atoms with Gasteiger partial charge in [-0.15, -0.1) is 24.5 Å². The van der Waals surface area contributed by atoms with Gasteiger partial charge in [0.25, 0.3) is 0 Å². The van der Waals surface area contributed by atoms with E-state index in [2.05, 4.69) is 10.1 Å². The zero-order chi connectivity index (χ0) is 17.2. The summed E-state index contributed by atoms with van der Waals surface area (Å²) in [5.74, 6) is -0.331. The van der Waals surface area contributed by atoms with Gasteiger partial charge in [-0.25, -0.2) is 0 Å². The Bertz CT molecular complexity index is 713. The van der Waals surface area contributed by atoms with Gasteiger partial charge in [0.15, 0.2) is 0 Å². The number of benzene rings is 1. The number of amides is 1. The second kappa shape index (κ2) is 6.72. The Morgan fingerprint density at radius 2 is 2.00 bits per heavy atom. The van der Waals surface area contributed by atoms with Crippen molar-refractivity contribution >= 4 is 22.9 Å². The Balaban J connectivity index is 1.51. The molecule has 8 heteroatoms. The summed E-state index contributed by atoms with van der Waals surface area (Å²) in [7, 11) is 0. The number of rotatable bonds is 4. The van der Waals surface area contributed by atoms with Gasteiger partial charge in [-0.3, -0.25) is 4.79 Å². The van der Waals surface area contributed by atoms with E-state index in [4.69, 9.17) is 0 Å². The number of ether oxygens (including phenoxy) is 1. The van der Waals surface area contributed by atoms with Crippen LogP contribution in [0.25, 0.3) is 0 Å². The molecule has 1 aliphatic heterocycles. The molecule has 1 N–H and O–H groups in total. The average Bonchev–Trinajstić information content (AvgIpc) is 3.00. The summed E-state index contributed by atoms with van der Waals surface area (Å²) < 4.78 is 40.1. The molecule has 1 amide bonds. The number of nitrogens with one attached hydrogen (secondary N) is 1. The molecule has 4 nitrogen and oxygen atoms in total. The maximum Gasteiger partial charge on any atom is 0.573 e. The molecule has 1 aromatic heterocycles. The predicted molar refractivity (Wildman–Crippen MR) is 85.1 cm³/mol. The minimum absolute atomic E-state index is 0.0394. The average molecular weight is 356 g/mol. The molecule has 0 aliphatic carbocycles. The normalized spacial score (nSPS) is 14.2. The standard InChI is InChI=1S/C16H15F3N2O2S/c17-16(18,19)23-13-3-1-12(2-4-13)20-9-15(22)21-7-5-14-11(10-21)6-8-24-14/h1-4,6,8,20H,5,7,9-10H2. The quantitative estimate of drug-likeness (QED) is 0.909. The fourth-order valence-electron chi connectivity index (χ4n) is 2.53. The molecule has 2 aromatic rings. The summed E-state index contributed by atoms with van der Waals surface area (Å²) in [6.07, 6.45) is -3.85. The molecule has 128 valence electrons. The van der Waals surface area contributed by atoms with Crippen molar-refractivity contribution < 1.29 is 22.7 Å². The van der Waals surface area contributed by atoms with Crippen molar-refractivity contribution in [2.45, 2.75) is 19.3 Å². The van der Waals surface area contributed by atoms with Crippen molar-refractivity contribution in [3.05, 3.63) is 46.2 Å². The highest BCUT2D eigenvalue weighted by Crippen LogP contribution is 2.25. The Labute approximate surface area is 140 Å². The third kappa shape index (κ3) is 4.19. The van der Waals surface area contributed by atoms with Crippen molar-refractivity contribution in [1.82, 2.24) is 4.90 Å². The third-order valence-electron chi connectivity index (χ3n) is 3.69. The minimum Gasteiger partial charge on any atom is -0.406 e. The Kier molecular flexibility index (Phi) is 4.66. The smallest absolute Gasteiger partial charge is 0.406 e. The van der Waals surface area contributed by atoms with Crippen molar-refractivity contribution in [3.8, 4) is 5.75 Å². The summed E-state index contributed by atoms with van der Waals surface area (Å²) in [6.45, 7) is 1.39. The minimum atomic E-state index is -4.71. The van der Waals surface area contributed by atoms with Crippen LogP contribution in [0.5, 0.6) is 5.75 Å². The van der Waals surface area contributed by atoms with Gasteiger partial charge in [0.05, 0.1) is 6.54 Å². The summed E-state index contributed by atoms with van der Waals surface area (Å²) in [5.41, 5.74) is 1.75. The Hall–Kier alpha value is -2.22. The fourth-order valence-corrected chi connectivity index (χ4v) is 3.41. The summed E-state index contributed by atoms with van der Waals surface area (Å²) in [6, 6.07) is 7.34. The van der Waals surface area contributed by atoms with Gasteiger partial charge in [0, 0.05) is 23.7 Å². The van der Waals surface area contributed by atoms with Crippen LogP contribution >= 0.6 is 11.3 Å². The zero-order valence-corrected chi connectivity index (χ0v) is 13.4. The second-order valence-electron chi connectivity index (χ2n) is 5.36. The van der Waals surface area contributed by atoms with Crippen molar-refractivity contribution in [2.24, 2.45) is 0 Å². The molecular weight excluding hydrogens is 341 g/mol. The topological polar surface area (TPSA) is 41.6 Å². The van der Waals surface area contributed by atoms with Crippen LogP contribution in [-0.2, 0) is 17.8 Å². The number of carbonyl (C=O) groups excluding carboxylic acids is 1. The van der Waals surface area contributed by atoms with Crippen LogP contribution < -0.4 is 10.1 Å². The summed E-state index contributed by atoms with van der Waals surface area (Å²) in [5, 5.41) is 4.95. The van der Waals surface area contributed by atoms with E-state index >= 15 is 0 Å². The molecule has 3 rings (SSSR count).